The van der Waals surface area contributed by atoms with Gasteiger partial charge in [0.15, 0.2) is 0 Å². The number of hydrogen-bond acceptors (Lipinski definition) is 3. The van der Waals surface area contributed by atoms with Crippen LogP contribution in [0.2, 0.25) is 10.0 Å². The smallest absolute Gasteiger partial charge is 0.257 e. The zero-order chi connectivity index (χ0) is 17.2. The fourth-order valence-corrected chi connectivity index (χ4v) is 2.83. The maximum atomic E-state index is 12.3. The van der Waals surface area contributed by atoms with Crippen LogP contribution < -0.4 is 9.62 Å². The molecule has 122 valence electrons. The predicted octanol–water partition coefficient (Wildman–Crippen LogP) is 3.64. The first kappa shape index (κ1) is 17.6. The van der Waals surface area contributed by atoms with Crippen LogP contribution in [-0.4, -0.2) is 27.6 Å². The van der Waals surface area contributed by atoms with E-state index in [-0.39, 0.29) is 10.6 Å². The first-order chi connectivity index (χ1) is 10.7. The summed E-state index contributed by atoms with van der Waals surface area (Å²) >= 11 is 11.8. The maximum absolute atomic E-state index is 12.3. The number of anilines is 2. The van der Waals surface area contributed by atoms with Crippen LogP contribution in [0.1, 0.15) is 10.4 Å². The lowest BCUT2D eigenvalue weighted by Crippen LogP contribution is -2.24. The molecule has 0 radical (unpaired) electrons. The molecule has 2 aromatic carbocycles. The molecule has 0 aromatic heterocycles. The van der Waals surface area contributed by atoms with Crippen LogP contribution in [0.3, 0.4) is 0 Å². The third kappa shape index (κ3) is 4.37. The van der Waals surface area contributed by atoms with Crippen LogP contribution in [0, 0.1) is 0 Å². The van der Waals surface area contributed by atoms with E-state index in [1.54, 1.807) is 30.3 Å². The molecule has 0 spiro atoms. The highest BCUT2D eigenvalue weighted by molar-refractivity contribution is 7.92. The van der Waals surface area contributed by atoms with Crippen molar-refractivity contribution < 1.29 is 13.2 Å². The number of nitrogens with zero attached hydrogens (tertiary/aromatic N) is 1. The number of nitrogens with one attached hydrogen (secondary N) is 1. The molecule has 0 atom stereocenters. The van der Waals surface area contributed by atoms with Gasteiger partial charge in [0.05, 0.1) is 22.5 Å². The fraction of sp³-hybridized carbons (Fsp3) is 0.133. The molecule has 23 heavy (non-hydrogen) atoms. The quantitative estimate of drug-likeness (QED) is 0.890. The van der Waals surface area contributed by atoms with Gasteiger partial charge >= 0.3 is 0 Å². The highest BCUT2D eigenvalue weighted by atomic mass is 35.5. The lowest BCUT2D eigenvalue weighted by atomic mass is 10.2. The average Bonchev–Trinajstić information content (AvgIpc) is 2.45. The highest BCUT2D eigenvalue weighted by Gasteiger charge is 2.14. The van der Waals surface area contributed by atoms with Crippen molar-refractivity contribution in [1.82, 2.24) is 0 Å². The van der Waals surface area contributed by atoms with Crippen LogP contribution in [0.4, 0.5) is 11.4 Å². The number of carbonyl (C=O) groups excluding carboxylic acids is 1. The van der Waals surface area contributed by atoms with Crippen molar-refractivity contribution in [3.63, 3.8) is 0 Å². The van der Waals surface area contributed by atoms with Crippen LogP contribution in [0.25, 0.3) is 0 Å². The average molecular weight is 373 g/mol. The number of hydrogen-bond donors (Lipinski definition) is 1. The summed E-state index contributed by atoms with van der Waals surface area (Å²) in [6.07, 6.45) is 1.10. The van der Waals surface area contributed by atoms with E-state index in [0.29, 0.717) is 16.4 Å². The Kier molecular flexibility index (Phi) is 5.19. The van der Waals surface area contributed by atoms with E-state index in [1.807, 2.05) is 0 Å². The molecule has 1 N–H and O–H groups in total. The number of rotatable bonds is 4. The molecule has 1 amide bonds. The number of halogens is 2. The SMILES string of the molecule is CN(c1cccc(NC(=O)c2ccc(Cl)cc2Cl)c1)S(C)(=O)=O. The van der Waals surface area contributed by atoms with E-state index in [0.717, 1.165) is 10.6 Å². The molecule has 0 aliphatic carbocycles. The molecule has 2 rings (SSSR count). The second-order valence-corrected chi connectivity index (χ2v) is 7.72. The molecule has 0 aliphatic heterocycles. The third-order valence-electron chi connectivity index (χ3n) is 3.14. The lowest BCUT2D eigenvalue weighted by Gasteiger charge is -2.17. The molecule has 5 nitrogen and oxygen atoms in total. The summed E-state index contributed by atoms with van der Waals surface area (Å²) in [5.41, 5.74) is 1.17. The Labute approximate surface area is 144 Å². The third-order valence-corrected chi connectivity index (χ3v) is 4.89. The normalized spacial score (nSPS) is 11.1. The van der Waals surface area contributed by atoms with Gasteiger partial charge in [-0.1, -0.05) is 29.3 Å². The summed E-state index contributed by atoms with van der Waals surface area (Å²) < 4.78 is 24.3. The van der Waals surface area contributed by atoms with Gasteiger partial charge in [0.2, 0.25) is 10.0 Å². The van der Waals surface area contributed by atoms with Crippen molar-refractivity contribution in [2.45, 2.75) is 0 Å². The van der Waals surface area contributed by atoms with Crippen molar-refractivity contribution in [3.05, 3.63) is 58.1 Å². The van der Waals surface area contributed by atoms with Gasteiger partial charge in [0.25, 0.3) is 5.91 Å². The zero-order valence-corrected chi connectivity index (χ0v) is 14.7. The molecule has 0 unspecified atom stereocenters. The highest BCUT2D eigenvalue weighted by Crippen LogP contribution is 2.24. The van der Waals surface area contributed by atoms with Gasteiger partial charge in [-0.3, -0.25) is 9.10 Å². The summed E-state index contributed by atoms with van der Waals surface area (Å²) in [6, 6.07) is 11.1. The maximum Gasteiger partial charge on any atom is 0.257 e. The molecule has 0 fully saturated rings. The molecule has 0 saturated heterocycles. The van der Waals surface area contributed by atoms with Crippen LogP contribution in [0.15, 0.2) is 42.5 Å². The molecule has 0 aliphatic rings. The molecule has 8 heteroatoms. The van der Waals surface area contributed by atoms with Gasteiger partial charge in [-0.05, 0) is 36.4 Å². The fourth-order valence-electron chi connectivity index (χ4n) is 1.84. The second kappa shape index (κ2) is 6.78. The van der Waals surface area contributed by atoms with E-state index in [4.69, 9.17) is 23.2 Å². The van der Waals surface area contributed by atoms with Crippen molar-refractivity contribution in [2.24, 2.45) is 0 Å². The van der Waals surface area contributed by atoms with Gasteiger partial charge in [-0.25, -0.2) is 8.42 Å². The minimum absolute atomic E-state index is 0.236. The number of sulfonamides is 1. The van der Waals surface area contributed by atoms with Crippen LogP contribution >= 0.6 is 23.2 Å². The van der Waals surface area contributed by atoms with E-state index < -0.39 is 15.9 Å². The summed E-state index contributed by atoms with van der Waals surface area (Å²) in [7, 11) is -1.94. The van der Waals surface area contributed by atoms with Gasteiger partial charge in [0.1, 0.15) is 0 Å². The van der Waals surface area contributed by atoms with E-state index in [9.17, 15) is 13.2 Å². The van der Waals surface area contributed by atoms with Crippen molar-refractivity contribution in [1.29, 1.82) is 0 Å². The van der Waals surface area contributed by atoms with E-state index in [1.165, 1.54) is 19.2 Å². The summed E-state index contributed by atoms with van der Waals surface area (Å²) in [5, 5.41) is 3.35. The Morgan fingerprint density at radius 3 is 2.43 bits per heavy atom. The minimum Gasteiger partial charge on any atom is -0.322 e. The minimum atomic E-state index is -3.38. The van der Waals surface area contributed by atoms with Crippen molar-refractivity contribution in [3.8, 4) is 0 Å². The van der Waals surface area contributed by atoms with Gasteiger partial charge in [-0.15, -0.1) is 0 Å². The Morgan fingerprint density at radius 1 is 1.13 bits per heavy atom. The van der Waals surface area contributed by atoms with Crippen LogP contribution in [0.5, 0.6) is 0 Å². The topological polar surface area (TPSA) is 66.5 Å². The molecular formula is C15H14Cl2N2O3S. The predicted molar refractivity (Wildman–Crippen MR) is 94.1 cm³/mol. The Balaban J connectivity index is 2.25. The number of benzene rings is 2. The van der Waals surface area contributed by atoms with Crippen molar-refractivity contribution in [2.75, 3.05) is 22.9 Å². The lowest BCUT2D eigenvalue weighted by molar-refractivity contribution is 0.102. The molecule has 0 heterocycles. The second-order valence-electron chi connectivity index (χ2n) is 4.86. The van der Waals surface area contributed by atoms with Gasteiger partial charge in [-0.2, -0.15) is 0 Å². The largest absolute Gasteiger partial charge is 0.322 e. The van der Waals surface area contributed by atoms with Crippen molar-refractivity contribution >= 4 is 50.5 Å². The molecule has 0 bridgehead atoms. The molecular weight excluding hydrogens is 359 g/mol. The number of carbonyl (C=O) groups is 1. The summed E-state index contributed by atoms with van der Waals surface area (Å²) in [5.74, 6) is -0.411. The zero-order valence-electron chi connectivity index (χ0n) is 12.4. The standard InChI is InChI=1S/C15H14Cl2N2O3S/c1-19(23(2,21)22)12-5-3-4-11(9-12)18-15(20)13-7-6-10(16)8-14(13)17/h3-9H,1-2H3,(H,18,20). The Hall–Kier alpha value is -1.76. The molecule has 0 saturated carbocycles. The Bertz CT molecular complexity index is 854. The number of amides is 1. The monoisotopic (exact) mass is 372 g/mol. The summed E-state index contributed by atoms with van der Waals surface area (Å²) in [6.45, 7) is 0. The van der Waals surface area contributed by atoms with Crippen LogP contribution in [-0.2, 0) is 10.0 Å². The first-order valence-electron chi connectivity index (χ1n) is 6.49. The van der Waals surface area contributed by atoms with Gasteiger partial charge < -0.3 is 5.32 Å². The summed E-state index contributed by atoms with van der Waals surface area (Å²) in [4.78, 5) is 12.3. The van der Waals surface area contributed by atoms with E-state index in [2.05, 4.69) is 5.32 Å². The van der Waals surface area contributed by atoms with Gasteiger partial charge in [0, 0.05) is 17.8 Å². The molecule has 2 aromatic rings. The first-order valence-corrected chi connectivity index (χ1v) is 9.09. The van der Waals surface area contributed by atoms with E-state index >= 15 is 0 Å². The Morgan fingerprint density at radius 2 is 1.83 bits per heavy atom.